The Kier molecular flexibility index (Phi) is 1.66. The predicted octanol–water partition coefficient (Wildman–Crippen LogP) is 2.53. The molecule has 3 rings (SSSR count). The standard InChI is InChI=1S/C12H12N2/c1-2-6-11-9(4-1)10-5-3-7-13-8-12(10)14-11/h1-2,4,6,8,14H,3,5,7H2. The molecule has 1 aromatic carbocycles. The van der Waals surface area contributed by atoms with E-state index in [1.54, 1.807) is 0 Å². The van der Waals surface area contributed by atoms with Gasteiger partial charge in [-0.2, -0.15) is 0 Å². The van der Waals surface area contributed by atoms with Crippen LogP contribution in [-0.2, 0) is 6.42 Å². The number of aromatic amines is 1. The fourth-order valence-corrected chi connectivity index (χ4v) is 2.10. The minimum atomic E-state index is 0.955. The molecule has 2 heteroatoms. The monoisotopic (exact) mass is 184 g/mol. The number of aliphatic imine (C=N–C) groups is 1. The van der Waals surface area contributed by atoms with Crippen molar-refractivity contribution >= 4 is 17.1 Å². The van der Waals surface area contributed by atoms with Crippen LogP contribution in [0.3, 0.4) is 0 Å². The molecular formula is C12H12N2. The minimum Gasteiger partial charge on any atom is -0.354 e. The molecule has 1 aliphatic rings. The minimum absolute atomic E-state index is 0.955. The van der Waals surface area contributed by atoms with Gasteiger partial charge in [-0.1, -0.05) is 18.2 Å². The van der Waals surface area contributed by atoms with Crippen molar-refractivity contribution in [1.82, 2.24) is 4.98 Å². The summed E-state index contributed by atoms with van der Waals surface area (Å²) >= 11 is 0. The van der Waals surface area contributed by atoms with Gasteiger partial charge in [-0.15, -0.1) is 0 Å². The molecule has 0 saturated heterocycles. The van der Waals surface area contributed by atoms with Gasteiger partial charge in [0, 0.05) is 23.7 Å². The summed E-state index contributed by atoms with van der Waals surface area (Å²) in [6.45, 7) is 0.955. The van der Waals surface area contributed by atoms with Gasteiger partial charge < -0.3 is 4.98 Å². The van der Waals surface area contributed by atoms with Crippen LogP contribution in [-0.4, -0.2) is 17.7 Å². The van der Waals surface area contributed by atoms with Crippen LogP contribution in [0.4, 0.5) is 0 Å². The highest BCUT2D eigenvalue weighted by Gasteiger charge is 2.10. The number of rotatable bonds is 0. The second-order valence-corrected chi connectivity index (χ2v) is 3.70. The van der Waals surface area contributed by atoms with Crippen molar-refractivity contribution in [2.45, 2.75) is 12.8 Å². The lowest BCUT2D eigenvalue weighted by atomic mass is 10.1. The van der Waals surface area contributed by atoms with Gasteiger partial charge in [-0.3, -0.25) is 4.99 Å². The first-order valence-corrected chi connectivity index (χ1v) is 5.04. The third-order valence-corrected chi connectivity index (χ3v) is 2.78. The largest absolute Gasteiger partial charge is 0.354 e. The third kappa shape index (κ3) is 1.07. The quantitative estimate of drug-likeness (QED) is 0.651. The highest BCUT2D eigenvalue weighted by molar-refractivity contribution is 5.94. The second-order valence-electron chi connectivity index (χ2n) is 3.70. The summed E-state index contributed by atoms with van der Waals surface area (Å²) in [4.78, 5) is 7.76. The maximum absolute atomic E-state index is 4.35. The molecule has 0 spiro atoms. The SMILES string of the molecule is C1=NCCCc2c1[nH]c1ccccc21. The van der Waals surface area contributed by atoms with E-state index >= 15 is 0 Å². The first-order chi connectivity index (χ1) is 6.95. The summed E-state index contributed by atoms with van der Waals surface area (Å²) in [6.07, 6.45) is 4.27. The van der Waals surface area contributed by atoms with Crippen molar-refractivity contribution in [3.63, 3.8) is 0 Å². The summed E-state index contributed by atoms with van der Waals surface area (Å²) in [7, 11) is 0. The molecule has 1 aromatic heterocycles. The molecule has 0 amide bonds. The molecule has 0 atom stereocenters. The van der Waals surface area contributed by atoms with E-state index in [-0.39, 0.29) is 0 Å². The van der Waals surface area contributed by atoms with E-state index in [1.165, 1.54) is 22.2 Å². The van der Waals surface area contributed by atoms with Crippen LogP contribution in [0.2, 0.25) is 0 Å². The number of H-pyrrole nitrogens is 1. The predicted molar refractivity (Wildman–Crippen MR) is 59.1 cm³/mol. The number of para-hydroxylation sites is 1. The molecule has 0 unspecified atom stereocenters. The number of nitrogens with zero attached hydrogens (tertiary/aromatic N) is 1. The first kappa shape index (κ1) is 7.80. The fourth-order valence-electron chi connectivity index (χ4n) is 2.10. The van der Waals surface area contributed by atoms with Crippen LogP contribution in [0.25, 0.3) is 10.9 Å². The number of hydrogen-bond acceptors (Lipinski definition) is 1. The molecule has 0 saturated carbocycles. The topological polar surface area (TPSA) is 28.1 Å². The maximum atomic E-state index is 4.35. The zero-order valence-corrected chi connectivity index (χ0v) is 7.96. The fraction of sp³-hybridized carbons (Fsp3) is 0.250. The van der Waals surface area contributed by atoms with Gasteiger partial charge in [0.2, 0.25) is 0 Å². The Balaban J connectivity index is 2.33. The molecule has 2 heterocycles. The molecule has 14 heavy (non-hydrogen) atoms. The summed E-state index contributed by atoms with van der Waals surface area (Å²) in [5.41, 5.74) is 3.86. The maximum Gasteiger partial charge on any atom is 0.0605 e. The van der Waals surface area contributed by atoms with E-state index in [0.717, 1.165) is 19.4 Å². The molecule has 0 bridgehead atoms. The summed E-state index contributed by atoms with van der Waals surface area (Å²) < 4.78 is 0. The van der Waals surface area contributed by atoms with Crippen LogP contribution in [0, 0.1) is 0 Å². The highest BCUT2D eigenvalue weighted by atomic mass is 14.8. The van der Waals surface area contributed by atoms with E-state index in [1.807, 2.05) is 6.21 Å². The van der Waals surface area contributed by atoms with Crippen molar-refractivity contribution in [3.05, 3.63) is 35.5 Å². The second kappa shape index (κ2) is 2.98. The molecule has 1 aliphatic heterocycles. The van der Waals surface area contributed by atoms with Gasteiger partial charge in [-0.05, 0) is 24.5 Å². The number of fused-ring (bicyclic) bond motifs is 3. The van der Waals surface area contributed by atoms with E-state index in [0.29, 0.717) is 0 Å². The van der Waals surface area contributed by atoms with Gasteiger partial charge in [0.05, 0.1) is 5.69 Å². The average molecular weight is 184 g/mol. The van der Waals surface area contributed by atoms with E-state index in [9.17, 15) is 0 Å². The van der Waals surface area contributed by atoms with Gasteiger partial charge in [-0.25, -0.2) is 0 Å². The average Bonchev–Trinajstić information content (AvgIpc) is 2.42. The Labute approximate surface area is 82.7 Å². The van der Waals surface area contributed by atoms with Crippen LogP contribution in [0.15, 0.2) is 29.3 Å². The summed E-state index contributed by atoms with van der Waals surface area (Å²) in [5.74, 6) is 0. The number of benzene rings is 1. The van der Waals surface area contributed by atoms with Crippen molar-refractivity contribution in [3.8, 4) is 0 Å². The third-order valence-electron chi connectivity index (χ3n) is 2.78. The van der Waals surface area contributed by atoms with Crippen LogP contribution >= 0.6 is 0 Å². The molecule has 2 nitrogen and oxygen atoms in total. The highest BCUT2D eigenvalue weighted by Crippen LogP contribution is 2.23. The van der Waals surface area contributed by atoms with E-state index in [4.69, 9.17) is 0 Å². The number of hydrogen-bond donors (Lipinski definition) is 1. The molecule has 0 aliphatic carbocycles. The van der Waals surface area contributed by atoms with Crippen LogP contribution in [0.5, 0.6) is 0 Å². The van der Waals surface area contributed by atoms with Gasteiger partial charge in [0.25, 0.3) is 0 Å². The van der Waals surface area contributed by atoms with Crippen molar-refractivity contribution in [1.29, 1.82) is 0 Å². The summed E-state index contributed by atoms with van der Waals surface area (Å²) in [5, 5.41) is 1.36. The molecule has 70 valence electrons. The normalized spacial score (nSPS) is 15.4. The molecular weight excluding hydrogens is 172 g/mol. The zero-order valence-electron chi connectivity index (χ0n) is 7.96. The van der Waals surface area contributed by atoms with E-state index < -0.39 is 0 Å². The van der Waals surface area contributed by atoms with Crippen LogP contribution < -0.4 is 0 Å². The van der Waals surface area contributed by atoms with Crippen molar-refractivity contribution < 1.29 is 0 Å². The number of aryl methyl sites for hydroxylation is 1. The lowest BCUT2D eigenvalue weighted by Crippen LogP contribution is -1.86. The number of nitrogens with one attached hydrogen (secondary N) is 1. The Bertz CT molecular complexity index is 494. The molecule has 0 radical (unpaired) electrons. The Morgan fingerprint density at radius 2 is 2.14 bits per heavy atom. The Morgan fingerprint density at radius 1 is 1.21 bits per heavy atom. The smallest absolute Gasteiger partial charge is 0.0605 e. The molecule has 1 N–H and O–H groups in total. The molecule has 2 aromatic rings. The van der Waals surface area contributed by atoms with Gasteiger partial charge in [0.15, 0.2) is 0 Å². The number of aromatic nitrogens is 1. The van der Waals surface area contributed by atoms with E-state index in [2.05, 4.69) is 34.2 Å². The van der Waals surface area contributed by atoms with Crippen molar-refractivity contribution in [2.75, 3.05) is 6.54 Å². The van der Waals surface area contributed by atoms with Gasteiger partial charge >= 0.3 is 0 Å². The Morgan fingerprint density at radius 3 is 3.14 bits per heavy atom. The van der Waals surface area contributed by atoms with Crippen molar-refractivity contribution in [2.24, 2.45) is 4.99 Å². The lowest BCUT2D eigenvalue weighted by molar-refractivity contribution is 0.850. The lowest BCUT2D eigenvalue weighted by Gasteiger charge is -1.95. The van der Waals surface area contributed by atoms with Crippen LogP contribution in [0.1, 0.15) is 17.7 Å². The first-order valence-electron chi connectivity index (χ1n) is 5.04. The Hall–Kier alpha value is -1.57. The summed E-state index contributed by atoms with van der Waals surface area (Å²) in [6, 6.07) is 8.47. The molecule has 0 fully saturated rings. The van der Waals surface area contributed by atoms with Gasteiger partial charge in [0.1, 0.15) is 0 Å². The zero-order chi connectivity index (χ0) is 9.38.